The van der Waals surface area contributed by atoms with Gasteiger partial charge in [-0.1, -0.05) is 432 Å². The van der Waals surface area contributed by atoms with E-state index >= 15 is 0 Å². The molecular formula is C142H97N5OS. The molecule has 26 aromatic rings. The van der Waals surface area contributed by atoms with Crippen LogP contribution in [0.5, 0.6) is 11.5 Å². The van der Waals surface area contributed by atoms with Crippen LogP contribution in [0.15, 0.2) is 562 Å². The van der Waals surface area contributed by atoms with Crippen LogP contribution in [0.3, 0.4) is 0 Å². The number of para-hydroxylation sites is 8. The highest BCUT2D eigenvalue weighted by atomic mass is 32.2. The van der Waals surface area contributed by atoms with Gasteiger partial charge in [0.2, 0.25) is 0 Å². The van der Waals surface area contributed by atoms with Gasteiger partial charge >= 0.3 is 0 Å². The van der Waals surface area contributed by atoms with Crippen molar-refractivity contribution in [2.45, 2.75) is 34.5 Å². The minimum absolute atomic E-state index is 0.178. The third kappa shape index (κ3) is 14.6. The van der Waals surface area contributed by atoms with Crippen molar-refractivity contribution in [3.63, 3.8) is 0 Å². The molecule has 23 aromatic carbocycles. The summed E-state index contributed by atoms with van der Waals surface area (Å²) in [6.07, 6.45) is 0. The summed E-state index contributed by atoms with van der Waals surface area (Å²) < 4.78 is 14.0. The Bertz CT molecular complexity index is 9590. The molecule has 149 heavy (non-hydrogen) atoms. The third-order valence-electron chi connectivity index (χ3n) is 30.9. The lowest BCUT2D eigenvalue weighted by atomic mass is 9.64. The Morgan fingerprint density at radius 3 is 1.03 bits per heavy atom. The van der Waals surface area contributed by atoms with Crippen LogP contribution in [0.2, 0.25) is 0 Å². The maximum atomic E-state index is 6.66. The van der Waals surface area contributed by atoms with Gasteiger partial charge in [0, 0.05) is 66.2 Å². The average Bonchev–Trinajstić information content (AvgIpc) is 1.38. The van der Waals surface area contributed by atoms with Crippen LogP contribution in [0, 0.1) is 0 Å². The molecule has 0 fully saturated rings. The highest BCUT2D eigenvalue weighted by molar-refractivity contribution is 7.99. The van der Waals surface area contributed by atoms with Gasteiger partial charge in [-0.05, 0) is 268 Å². The van der Waals surface area contributed by atoms with E-state index in [2.05, 4.69) is 583 Å². The monoisotopic (exact) mass is 1920 g/mol. The Labute approximate surface area is 870 Å². The molecular weight excluding hydrogens is 1820 g/mol. The molecule has 6 nitrogen and oxygen atoms in total. The van der Waals surface area contributed by atoms with Crippen molar-refractivity contribution in [2.75, 3.05) is 9.80 Å². The van der Waals surface area contributed by atoms with Crippen molar-refractivity contribution in [1.82, 2.24) is 13.7 Å². The molecule has 7 heteroatoms. The van der Waals surface area contributed by atoms with Gasteiger partial charge in [0.15, 0.2) is 5.75 Å². The van der Waals surface area contributed by atoms with Gasteiger partial charge in [-0.25, -0.2) is 0 Å². The minimum Gasteiger partial charge on any atom is -0.453 e. The molecule has 0 radical (unpaired) electrons. The van der Waals surface area contributed by atoms with Gasteiger partial charge in [0.1, 0.15) is 5.75 Å². The summed E-state index contributed by atoms with van der Waals surface area (Å²) in [5.41, 5.74) is 44.2. The lowest BCUT2D eigenvalue weighted by molar-refractivity contribution is 0.459. The van der Waals surface area contributed by atoms with Gasteiger partial charge in [0.25, 0.3) is 0 Å². The smallest absolute Gasteiger partial charge is 0.166 e. The van der Waals surface area contributed by atoms with Crippen molar-refractivity contribution >= 4 is 111 Å². The zero-order chi connectivity index (χ0) is 98.8. The van der Waals surface area contributed by atoms with E-state index in [4.69, 9.17) is 4.74 Å². The lowest BCUT2D eigenvalue weighted by Gasteiger charge is -2.45. The first kappa shape index (κ1) is 88.0. The number of hydrogen-bond acceptors (Lipinski definition) is 4. The summed E-state index contributed by atoms with van der Waals surface area (Å²) in [5, 5.41) is 7.40. The van der Waals surface area contributed by atoms with Crippen LogP contribution in [-0.2, 0) is 10.8 Å². The molecule has 3 aromatic heterocycles. The Balaban J connectivity index is 0.000000109. The maximum absolute atomic E-state index is 6.66. The third-order valence-corrected chi connectivity index (χ3v) is 32.0. The van der Waals surface area contributed by atoms with Crippen LogP contribution in [0.4, 0.5) is 34.1 Å². The predicted molar refractivity (Wildman–Crippen MR) is 623 cm³/mol. The zero-order valence-electron chi connectivity index (χ0n) is 82.1. The summed E-state index contributed by atoms with van der Waals surface area (Å²) in [6, 6.07) is 201. The Hall–Kier alpha value is -18.8. The number of ether oxygens (including phenoxy) is 1. The lowest BCUT2D eigenvalue weighted by Crippen LogP contribution is -2.36. The summed E-state index contributed by atoms with van der Waals surface area (Å²) >= 11 is 1.77. The molecule has 1 aliphatic carbocycles. The van der Waals surface area contributed by atoms with Crippen molar-refractivity contribution in [1.29, 1.82) is 0 Å². The highest BCUT2D eigenvalue weighted by Crippen LogP contribution is 2.66. The number of nitrogens with zero attached hydrogens (tertiary/aromatic N) is 5. The second-order valence-corrected chi connectivity index (χ2v) is 40.7. The molecule has 0 amide bonds. The summed E-state index contributed by atoms with van der Waals surface area (Å²) in [4.78, 5) is 7.30. The first-order valence-corrected chi connectivity index (χ1v) is 52.1. The Morgan fingerprint density at radius 2 is 0.537 bits per heavy atom. The number of rotatable bonds is 12. The molecule has 0 bridgehead atoms. The van der Waals surface area contributed by atoms with Crippen molar-refractivity contribution < 1.29 is 4.74 Å². The van der Waals surface area contributed by atoms with Crippen LogP contribution in [0.25, 0.3) is 171 Å². The van der Waals surface area contributed by atoms with Gasteiger partial charge in [-0.15, -0.1) is 0 Å². The number of fused-ring (bicyclic) bond motifs is 25. The van der Waals surface area contributed by atoms with Crippen LogP contribution < -0.4 is 14.5 Å². The molecule has 6 heterocycles. The van der Waals surface area contributed by atoms with E-state index in [0.29, 0.717) is 0 Å². The molecule has 3 aliphatic heterocycles. The molecule has 702 valence electrons. The molecule has 0 unspecified atom stereocenters. The van der Waals surface area contributed by atoms with E-state index in [0.717, 1.165) is 55.1 Å². The SMILES string of the molecule is CC1(C)c2ccccc2N(c2ccccc2)c2c1ccc1c2c2ccccc2n1-c1cc(-c2ccccc2)cc(-c2ccccc2)c1.c1ccc(-c2cc(-c3ccccc3)cc(-n3c4ccccc4c4c5c(ccc43)C3(c4ccccc4-c4ccccc43)c3ccccc3N5c3ccccc3)c2)cc1.c1ccc(-c2cccc(-c3cccc(-c4cccc(-n5c6ccccc6c6ccc7c(c65)Oc5ccccc5S7)c4)c3)c2)cc1. The van der Waals surface area contributed by atoms with Crippen molar-refractivity contribution in [3.8, 4) is 118 Å². The fourth-order valence-electron chi connectivity index (χ4n) is 24.3. The van der Waals surface area contributed by atoms with Gasteiger partial charge in [-0.3, -0.25) is 0 Å². The van der Waals surface area contributed by atoms with Gasteiger partial charge in [0.05, 0.1) is 71.1 Å². The van der Waals surface area contributed by atoms with Gasteiger partial charge < -0.3 is 28.2 Å². The maximum Gasteiger partial charge on any atom is 0.166 e. The molecule has 0 N–H and O–H groups in total. The number of hydrogen-bond donors (Lipinski definition) is 0. The van der Waals surface area contributed by atoms with Gasteiger partial charge in [-0.2, -0.15) is 0 Å². The molecule has 0 saturated carbocycles. The molecule has 4 aliphatic rings. The topological polar surface area (TPSA) is 30.5 Å². The Morgan fingerprint density at radius 1 is 0.201 bits per heavy atom. The van der Waals surface area contributed by atoms with E-state index in [1.165, 1.54) is 205 Å². The fraction of sp³-hybridized carbons (Fsp3) is 0.0282. The number of anilines is 6. The van der Waals surface area contributed by atoms with Crippen molar-refractivity contribution in [3.05, 3.63) is 585 Å². The number of aromatic nitrogens is 3. The van der Waals surface area contributed by atoms with E-state index in [1.807, 2.05) is 6.07 Å². The number of benzene rings is 23. The highest BCUT2D eigenvalue weighted by Gasteiger charge is 2.53. The Kier molecular flexibility index (Phi) is 21.4. The van der Waals surface area contributed by atoms with Crippen LogP contribution in [-0.4, -0.2) is 13.7 Å². The molecule has 0 atom stereocenters. The summed E-state index contributed by atoms with van der Waals surface area (Å²) in [6.45, 7) is 4.74. The van der Waals surface area contributed by atoms with E-state index < -0.39 is 5.41 Å². The predicted octanol–water partition coefficient (Wildman–Crippen LogP) is 38.5. The first-order chi connectivity index (χ1) is 73.7. The summed E-state index contributed by atoms with van der Waals surface area (Å²) in [5.74, 6) is 1.82. The molecule has 1 spiro atoms. The van der Waals surface area contributed by atoms with E-state index in [-0.39, 0.29) is 5.41 Å². The van der Waals surface area contributed by atoms with E-state index in [9.17, 15) is 0 Å². The zero-order valence-corrected chi connectivity index (χ0v) is 82.9. The quantitative estimate of drug-likeness (QED) is 0.122. The molecule has 30 rings (SSSR count). The first-order valence-electron chi connectivity index (χ1n) is 51.3. The summed E-state index contributed by atoms with van der Waals surface area (Å²) in [7, 11) is 0. The minimum atomic E-state index is -0.518. The van der Waals surface area contributed by atoms with Crippen LogP contribution in [0.1, 0.15) is 47.2 Å². The normalized spacial score (nSPS) is 13.0. The second-order valence-electron chi connectivity index (χ2n) is 39.6. The van der Waals surface area contributed by atoms with Crippen molar-refractivity contribution in [2.24, 2.45) is 0 Å². The average molecular weight is 1920 g/mol. The standard InChI is InChI=1S/C55H36N2.C45H34N2.C42H27NOS/c1-4-18-37(19-5-1)39-34-40(38-20-6-2-7-21-38)36-42(35-39)56-50-30-16-12-26-45(50)53-52(56)33-32-49-54(53)57(41-22-8-3-9-23-41)51-31-17-15-29-48(51)55(49)46-27-13-10-24-43(46)44-25-11-14-28-47(44)55;1-45(2)38-23-13-15-25-41(38)47(35-20-10-5-11-21-35)44-39(45)26-27-42-43(44)37-22-12-14-24-40(37)46(42)36-29-33(31-16-6-3-7-17-31)28-34(30-36)32-18-8-4-9-19-32;1-2-11-28(12-3-1)29-13-8-14-30(25-29)31-15-9-16-32(26-31)33-17-10-18-34(27-33)43-37-20-5-4-19-35(37)36-23-24-40-42(41(36)43)44-38-21-6-7-22-39(38)45-40/h1-36H;3-30H,1-2H3;1-27H. The molecule has 0 saturated heterocycles. The largest absolute Gasteiger partial charge is 0.453 e. The van der Waals surface area contributed by atoms with E-state index in [1.54, 1.807) is 11.8 Å². The van der Waals surface area contributed by atoms with Crippen LogP contribution >= 0.6 is 11.8 Å². The fourth-order valence-corrected chi connectivity index (χ4v) is 25.3. The second kappa shape index (κ2) is 36.2.